The van der Waals surface area contributed by atoms with Gasteiger partial charge in [-0.3, -0.25) is 19.3 Å². The summed E-state index contributed by atoms with van der Waals surface area (Å²) in [5, 5.41) is 2.80. The Labute approximate surface area is 198 Å². The van der Waals surface area contributed by atoms with Crippen LogP contribution in [0.4, 0.5) is 20.2 Å². The number of carbonyl (C=O) groups excluding carboxylic acids is 3. The van der Waals surface area contributed by atoms with E-state index in [4.69, 9.17) is 11.5 Å². The Bertz CT molecular complexity index is 1240. The van der Waals surface area contributed by atoms with Gasteiger partial charge in [0.1, 0.15) is 22.6 Å². The van der Waals surface area contributed by atoms with Gasteiger partial charge in [0.05, 0.1) is 5.69 Å². The smallest absolute Gasteiger partial charge is 0.273 e. The number of primary amides is 1. The predicted molar refractivity (Wildman–Crippen MR) is 125 cm³/mol. The molecule has 0 radical (unpaired) electrons. The second-order valence-corrected chi connectivity index (χ2v) is 9.26. The average molecular weight is 488 g/mol. The third-order valence-corrected chi connectivity index (χ3v) is 5.50. The molecule has 0 aliphatic carbocycles. The van der Waals surface area contributed by atoms with E-state index in [0.29, 0.717) is 11.5 Å². The Balaban J connectivity index is 2.24. The molecule has 34 heavy (non-hydrogen) atoms. The predicted octanol–water partition coefficient (Wildman–Crippen LogP) is 3.41. The van der Waals surface area contributed by atoms with E-state index in [1.807, 2.05) is 0 Å². The summed E-state index contributed by atoms with van der Waals surface area (Å²) in [6, 6.07) is 8.73. The van der Waals surface area contributed by atoms with Crippen LogP contribution in [-0.2, 0) is 4.79 Å². The number of halogens is 2. The molecule has 0 fully saturated rings. The van der Waals surface area contributed by atoms with E-state index in [2.05, 4.69) is 9.69 Å². The number of nitrogens with two attached hydrogens (primary N) is 2. The minimum absolute atomic E-state index is 0.0387. The number of hydrogen-bond donors (Lipinski definition) is 3. The van der Waals surface area contributed by atoms with Crippen LogP contribution in [0, 0.1) is 11.6 Å². The fourth-order valence-electron chi connectivity index (χ4n) is 3.25. The van der Waals surface area contributed by atoms with Crippen LogP contribution < -0.4 is 21.7 Å². The van der Waals surface area contributed by atoms with Crippen LogP contribution in [0.2, 0.25) is 0 Å². The lowest BCUT2D eigenvalue weighted by atomic mass is 10.0. The second kappa shape index (κ2) is 9.56. The first-order valence-corrected chi connectivity index (χ1v) is 10.9. The zero-order valence-corrected chi connectivity index (χ0v) is 19.5. The molecule has 2 aromatic carbocycles. The van der Waals surface area contributed by atoms with E-state index >= 15 is 0 Å². The zero-order valence-electron chi connectivity index (χ0n) is 18.6. The van der Waals surface area contributed by atoms with Crippen molar-refractivity contribution >= 4 is 40.6 Å². The summed E-state index contributed by atoms with van der Waals surface area (Å²) in [4.78, 5) is 39.7. The summed E-state index contributed by atoms with van der Waals surface area (Å²) in [5.41, 5.74) is 10.3. The molecule has 0 aliphatic heterocycles. The summed E-state index contributed by atoms with van der Waals surface area (Å²) in [5.74, 6) is -3.54. The molecule has 1 unspecified atom stereocenters. The number of hydrogen-bond acceptors (Lipinski definition) is 6. The highest BCUT2D eigenvalue weighted by molar-refractivity contribution is 7.09. The van der Waals surface area contributed by atoms with E-state index in [9.17, 15) is 23.2 Å². The van der Waals surface area contributed by atoms with Crippen molar-refractivity contribution in [1.82, 2.24) is 9.69 Å². The van der Waals surface area contributed by atoms with Crippen LogP contribution >= 0.6 is 11.5 Å². The van der Waals surface area contributed by atoms with Gasteiger partial charge in [-0.05, 0) is 68.2 Å². The Morgan fingerprint density at radius 3 is 2.24 bits per heavy atom. The number of rotatable bonds is 6. The highest BCUT2D eigenvalue weighted by Gasteiger charge is 2.37. The van der Waals surface area contributed by atoms with Crippen LogP contribution in [0.15, 0.2) is 48.5 Å². The molecule has 3 rings (SSSR count). The van der Waals surface area contributed by atoms with Gasteiger partial charge in [-0.2, -0.15) is 4.37 Å². The molecule has 0 bridgehead atoms. The maximum absolute atomic E-state index is 14.2. The second-order valence-electron chi connectivity index (χ2n) is 8.49. The first kappa shape index (κ1) is 24.8. The number of carbonyl (C=O) groups is 3. The number of anilines is 2. The molecule has 0 saturated heterocycles. The van der Waals surface area contributed by atoms with Crippen molar-refractivity contribution in [3.8, 4) is 0 Å². The fourth-order valence-corrected chi connectivity index (χ4v) is 3.99. The van der Waals surface area contributed by atoms with Crippen molar-refractivity contribution in [1.29, 1.82) is 0 Å². The molecule has 0 saturated carbocycles. The molecule has 1 atom stereocenters. The number of aromatic nitrogens is 1. The summed E-state index contributed by atoms with van der Waals surface area (Å²) < 4.78 is 31.7. The van der Waals surface area contributed by atoms with Gasteiger partial charge in [0.25, 0.3) is 11.8 Å². The molecule has 1 aromatic heterocycles. The van der Waals surface area contributed by atoms with Gasteiger partial charge < -0.3 is 16.8 Å². The minimum atomic E-state index is -1.34. The summed E-state index contributed by atoms with van der Waals surface area (Å²) in [7, 11) is 0. The first-order valence-electron chi connectivity index (χ1n) is 10.1. The molecule has 1 heterocycles. The third-order valence-electron chi connectivity index (χ3n) is 4.65. The van der Waals surface area contributed by atoms with Gasteiger partial charge in [0.2, 0.25) is 5.91 Å². The van der Waals surface area contributed by atoms with Crippen LogP contribution in [0.3, 0.4) is 0 Å². The summed E-state index contributed by atoms with van der Waals surface area (Å²) in [6.07, 6.45) is 0. The fraction of sp³-hybridized carbons (Fsp3) is 0.217. The minimum Gasteiger partial charge on any atom is -0.395 e. The number of nitrogens with one attached hydrogen (secondary N) is 1. The van der Waals surface area contributed by atoms with Crippen LogP contribution in [0.5, 0.6) is 0 Å². The number of nitrogen functional groups attached to an aromatic ring is 1. The van der Waals surface area contributed by atoms with Crippen molar-refractivity contribution in [3.05, 3.63) is 76.3 Å². The molecule has 0 aliphatic rings. The van der Waals surface area contributed by atoms with Crippen molar-refractivity contribution in [2.45, 2.75) is 32.4 Å². The SMILES string of the molecule is CC(C)(C)NC(=O)C(c1ccc(F)cc1)N(C(=O)c1snc(C(N)=O)c1N)c1cccc(F)c1. The van der Waals surface area contributed by atoms with Crippen molar-refractivity contribution in [2.75, 3.05) is 10.6 Å². The quantitative estimate of drug-likeness (QED) is 0.490. The standard InChI is InChI=1S/C23H23F2N5O3S/c1-23(2,3)28-21(32)18(12-7-9-13(24)10-8-12)30(15-6-4-5-14(25)11-15)22(33)19-16(26)17(20(27)31)29-34-19/h4-11,18H,26H2,1-3H3,(H2,27,31)(H,28,32). The summed E-state index contributed by atoms with van der Waals surface area (Å²) in [6.45, 7) is 5.25. The summed E-state index contributed by atoms with van der Waals surface area (Å²) >= 11 is 0.627. The Morgan fingerprint density at radius 2 is 1.71 bits per heavy atom. The monoisotopic (exact) mass is 487 g/mol. The van der Waals surface area contributed by atoms with E-state index < -0.39 is 40.9 Å². The Kier molecular flexibility index (Phi) is 6.96. The Hall–Kier alpha value is -3.86. The van der Waals surface area contributed by atoms with E-state index in [0.717, 1.165) is 23.1 Å². The molecule has 3 aromatic rings. The van der Waals surface area contributed by atoms with Gasteiger partial charge in [0.15, 0.2) is 5.69 Å². The topological polar surface area (TPSA) is 131 Å². The van der Waals surface area contributed by atoms with Gasteiger partial charge in [0, 0.05) is 11.2 Å². The lowest BCUT2D eigenvalue weighted by Crippen LogP contribution is -2.49. The van der Waals surface area contributed by atoms with E-state index in [1.165, 1.54) is 30.3 Å². The maximum atomic E-state index is 14.2. The van der Waals surface area contributed by atoms with Gasteiger partial charge >= 0.3 is 0 Å². The highest BCUT2D eigenvalue weighted by Crippen LogP contribution is 2.33. The lowest BCUT2D eigenvalue weighted by molar-refractivity contribution is -0.123. The van der Waals surface area contributed by atoms with Gasteiger partial charge in [-0.25, -0.2) is 8.78 Å². The van der Waals surface area contributed by atoms with Gasteiger partial charge in [-0.1, -0.05) is 18.2 Å². The van der Waals surface area contributed by atoms with Crippen molar-refractivity contribution in [2.24, 2.45) is 5.73 Å². The first-order chi connectivity index (χ1) is 15.9. The van der Waals surface area contributed by atoms with E-state index in [-0.39, 0.29) is 27.5 Å². The van der Waals surface area contributed by atoms with Crippen LogP contribution in [-0.4, -0.2) is 27.6 Å². The molecular formula is C23H23F2N5O3S. The molecule has 178 valence electrons. The third kappa shape index (κ3) is 5.37. The molecule has 0 spiro atoms. The van der Waals surface area contributed by atoms with Crippen LogP contribution in [0.25, 0.3) is 0 Å². The molecule has 8 nitrogen and oxygen atoms in total. The highest BCUT2D eigenvalue weighted by atomic mass is 32.1. The lowest BCUT2D eigenvalue weighted by Gasteiger charge is -2.33. The number of amides is 3. The number of benzene rings is 2. The zero-order chi connectivity index (χ0) is 25.2. The molecular weight excluding hydrogens is 464 g/mol. The molecule has 11 heteroatoms. The normalized spacial score (nSPS) is 12.1. The van der Waals surface area contributed by atoms with Gasteiger partial charge in [-0.15, -0.1) is 0 Å². The Morgan fingerprint density at radius 1 is 1.06 bits per heavy atom. The molecule has 3 amide bonds. The maximum Gasteiger partial charge on any atom is 0.273 e. The molecule has 5 N–H and O–H groups in total. The number of nitrogens with zero attached hydrogens (tertiary/aromatic N) is 2. The van der Waals surface area contributed by atoms with E-state index in [1.54, 1.807) is 20.8 Å². The van der Waals surface area contributed by atoms with Crippen LogP contribution in [0.1, 0.15) is 52.5 Å². The average Bonchev–Trinajstić information content (AvgIpc) is 3.12. The largest absolute Gasteiger partial charge is 0.395 e. The van der Waals surface area contributed by atoms with Crippen molar-refractivity contribution in [3.63, 3.8) is 0 Å². The van der Waals surface area contributed by atoms with Crippen molar-refractivity contribution < 1.29 is 23.2 Å².